The summed E-state index contributed by atoms with van der Waals surface area (Å²) in [5.41, 5.74) is 0.767. The molecule has 0 aromatic heterocycles. The molecule has 5 heteroatoms. The molecule has 1 heterocycles. The Morgan fingerprint density at radius 3 is 2.67 bits per heavy atom. The molecule has 4 nitrogen and oxygen atoms in total. The topological polar surface area (TPSA) is 49.4 Å². The summed E-state index contributed by atoms with van der Waals surface area (Å²) in [5, 5.41) is 4.59. The Balaban J connectivity index is 1.98. The highest BCUT2D eigenvalue weighted by molar-refractivity contribution is 7.98. The van der Waals surface area contributed by atoms with Gasteiger partial charge < -0.3 is 0 Å². The molecular formula is C16H16N2O2S. The number of nitrogens with zero attached hydrogens (tertiary/aromatic N) is 1. The van der Waals surface area contributed by atoms with Crippen LogP contribution in [-0.2, 0) is 4.79 Å². The summed E-state index contributed by atoms with van der Waals surface area (Å²) in [5.74, 6) is 0.636. The molecule has 1 N–H and O–H groups in total. The summed E-state index contributed by atoms with van der Waals surface area (Å²) in [6, 6.07) is 13.1. The van der Waals surface area contributed by atoms with Crippen molar-refractivity contribution in [3.05, 3.63) is 42.5 Å². The number of urea groups is 1. The monoisotopic (exact) mass is 300 g/mol. The van der Waals surface area contributed by atoms with Crippen LogP contribution in [0.15, 0.2) is 42.5 Å². The van der Waals surface area contributed by atoms with Crippen molar-refractivity contribution in [2.75, 3.05) is 16.9 Å². The number of rotatable bonds is 4. The second-order valence-corrected chi connectivity index (χ2v) is 5.98. The van der Waals surface area contributed by atoms with E-state index in [0.717, 1.165) is 22.2 Å². The van der Waals surface area contributed by atoms with Gasteiger partial charge in [-0.2, -0.15) is 11.8 Å². The number of carbonyl (C=O) groups is 2. The second-order valence-electron chi connectivity index (χ2n) is 4.99. The van der Waals surface area contributed by atoms with E-state index in [4.69, 9.17) is 0 Å². The van der Waals surface area contributed by atoms with E-state index in [9.17, 15) is 9.59 Å². The lowest BCUT2D eigenvalue weighted by molar-refractivity contribution is -0.119. The highest BCUT2D eigenvalue weighted by atomic mass is 32.2. The van der Waals surface area contributed by atoms with Gasteiger partial charge in [0.2, 0.25) is 0 Å². The smallest absolute Gasteiger partial charge is 0.282 e. The Bertz CT molecular complexity index is 701. The SMILES string of the molecule is CSCCC1C(=O)NC(=O)N1c1ccc2ccccc2c1. The van der Waals surface area contributed by atoms with Gasteiger partial charge in [0.05, 0.1) is 0 Å². The van der Waals surface area contributed by atoms with Crippen molar-refractivity contribution in [3.8, 4) is 0 Å². The van der Waals surface area contributed by atoms with Crippen molar-refractivity contribution in [2.24, 2.45) is 0 Å². The molecule has 108 valence electrons. The Hall–Kier alpha value is -2.01. The van der Waals surface area contributed by atoms with Gasteiger partial charge in [-0.25, -0.2) is 4.79 Å². The number of amides is 3. The van der Waals surface area contributed by atoms with Gasteiger partial charge in [-0.05, 0) is 41.3 Å². The van der Waals surface area contributed by atoms with E-state index in [1.807, 2.05) is 48.7 Å². The number of carbonyl (C=O) groups excluding carboxylic acids is 2. The minimum absolute atomic E-state index is 0.206. The molecule has 3 amide bonds. The zero-order valence-corrected chi connectivity index (χ0v) is 12.5. The van der Waals surface area contributed by atoms with Crippen molar-refractivity contribution >= 4 is 40.2 Å². The lowest BCUT2D eigenvalue weighted by atomic mass is 10.1. The van der Waals surface area contributed by atoms with Crippen LogP contribution in [0, 0.1) is 0 Å². The maximum absolute atomic E-state index is 12.1. The number of nitrogens with one attached hydrogen (secondary N) is 1. The molecule has 1 aliphatic rings. The van der Waals surface area contributed by atoms with Crippen LogP contribution in [0.2, 0.25) is 0 Å². The Morgan fingerprint density at radius 2 is 1.90 bits per heavy atom. The quantitative estimate of drug-likeness (QED) is 0.883. The number of hydrogen-bond donors (Lipinski definition) is 1. The van der Waals surface area contributed by atoms with Gasteiger partial charge in [-0.15, -0.1) is 0 Å². The van der Waals surface area contributed by atoms with Crippen LogP contribution in [-0.4, -0.2) is 30.0 Å². The standard InChI is InChI=1S/C16H16N2O2S/c1-21-9-8-14-15(19)17-16(20)18(14)13-7-6-11-4-2-3-5-12(11)10-13/h2-7,10,14H,8-9H2,1H3,(H,17,19,20). The van der Waals surface area contributed by atoms with Crippen LogP contribution < -0.4 is 10.2 Å². The molecule has 1 unspecified atom stereocenters. The number of imide groups is 1. The van der Waals surface area contributed by atoms with Crippen LogP contribution in [0.4, 0.5) is 10.5 Å². The highest BCUT2D eigenvalue weighted by Gasteiger charge is 2.38. The van der Waals surface area contributed by atoms with Gasteiger partial charge in [0.25, 0.3) is 5.91 Å². The van der Waals surface area contributed by atoms with E-state index in [0.29, 0.717) is 6.42 Å². The number of fused-ring (bicyclic) bond motifs is 1. The minimum Gasteiger partial charge on any atom is -0.282 e. The molecule has 0 aliphatic carbocycles. The highest BCUT2D eigenvalue weighted by Crippen LogP contribution is 2.27. The molecule has 2 aromatic rings. The average Bonchev–Trinajstić information content (AvgIpc) is 2.78. The fourth-order valence-corrected chi connectivity index (χ4v) is 3.08. The molecule has 2 aromatic carbocycles. The number of anilines is 1. The van der Waals surface area contributed by atoms with E-state index < -0.39 is 6.04 Å². The lowest BCUT2D eigenvalue weighted by Crippen LogP contribution is -2.35. The summed E-state index contributed by atoms with van der Waals surface area (Å²) in [4.78, 5) is 25.6. The Morgan fingerprint density at radius 1 is 1.14 bits per heavy atom. The van der Waals surface area contributed by atoms with Crippen molar-refractivity contribution < 1.29 is 9.59 Å². The van der Waals surface area contributed by atoms with E-state index in [-0.39, 0.29) is 11.9 Å². The summed E-state index contributed by atoms with van der Waals surface area (Å²) in [6.07, 6.45) is 2.65. The van der Waals surface area contributed by atoms with E-state index in [1.54, 1.807) is 16.7 Å². The van der Waals surface area contributed by atoms with Gasteiger partial charge >= 0.3 is 6.03 Å². The van der Waals surface area contributed by atoms with Crippen molar-refractivity contribution in [2.45, 2.75) is 12.5 Å². The van der Waals surface area contributed by atoms with Crippen LogP contribution in [0.5, 0.6) is 0 Å². The molecule has 1 saturated heterocycles. The molecule has 1 atom stereocenters. The molecule has 1 aliphatic heterocycles. The predicted octanol–water partition coefficient (Wildman–Crippen LogP) is 3.02. The van der Waals surface area contributed by atoms with Crippen LogP contribution in [0.25, 0.3) is 10.8 Å². The zero-order chi connectivity index (χ0) is 14.8. The first-order valence-corrected chi connectivity index (χ1v) is 8.22. The molecule has 0 saturated carbocycles. The molecule has 3 rings (SSSR count). The fraction of sp³-hybridized carbons (Fsp3) is 0.250. The van der Waals surface area contributed by atoms with Gasteiger partial charge in [-0.1, -0.05) is 30.3 Å². The normalized spacial score (nSPS) is 18.3. The fourth-order valence-electron chi connectivity index (χ4n) is 2.62. The second kappa shape index (κ2) is 5.77. The van der Waals surface area contributed by atoms with Gasteiger partial charge in [0.1, 0.15) is 6.04 Å². The maximum Gasteiger partial charge on any atom is 0.329 e. The van der Waals surface area contributed by atoms with Crippen molar-refractivity contribution in [1.82, 2.24) is 5.32 Å². The molecule has 1 fully saturated rings. The third-order valence-electron chi connectivity index (χ3n) is 3.67. The Kier molecular flexibility index (Phi) is 3.84. The van der Waals surface area contributed by atoms with Gasteiger partial charge in [-0.3, -0.25) is 15.0 Å². The molecular weight excluding hydrogens is 284 g/mol. The Labute approximate surface area is 127 Å². The largest absolute Gasteiger partial charge is 0.329 e. The maximum atomic E-state index is 12.1. The number of hydrogen-bond acceptors (Lipinski definition) is 3. The average molecular weight is 300 g/mol. The van der Waals surface area contributed by atoms with Crippen LogP contribution in [0.3, 0.4) is 0 Å². The van der Waals surface area contributed by atoms with E-state index in [1.165, 1.54) is 0 Å². The molecule has 0 spiro atoms. The molecule has 0 bridgehead atoms. The third-order valence-corrected chi connectivity index (χ3v) is 4.31. The first kappa shape index (κ1) is 13.9. The zero-order valence-electron chi connectivity index (χ0n) is 11.7. The van der Waals surface area contributed by atoms with E-state index >= 15 is 0 Å². The molecule has 0 radical (unpaired) electrons. The summed E-state index contributed by atoms with van der Waals surface area (Å²) >= 11 is 1.67. The van der Waals surface area contributed by atoms with E-state index in [2.05, 4.69) is 5.32 Å². The first-order valence-electron chi connectivity index (χ1n) is 6.82. The molecule has 21 heavy (non-hydrogen) atoms. The summed E-state index contributed by atoms with van der Waals surface area (Å²) in [6.45, 7) is 0. The van der Waals surface area contributed by atoms with Crippen LogP contribution >= 0.6 is 11.8 Å². The van der Waals surface area contributed by atoms with Crippen molar-refractivity contribution in [1.29, 1.82) is 0 Å². The number of thioether (sulfide) groups is 1. The first-order chi connectivity index (χ1) is 10.2. The minimum atomic E-state index is -0.411. The summed E-state index contributed by atoms with van der Waals surface area (Å²) < 4.78 is 0. The predicted molar refractivity (Wildman–Crippen MR) is 86.8 cm³/mol. The van der Waals surface area contributed by atoms with Gasteiger partial charge in [0.15, 0.2) is 0 Å². The number of benzene rings is 2. The lowest BCUT2D eigenvalue weighted by Gasteiger charge is -2.22. The third kappa shape index (κ3) is 2.61. The summed E-state index contributed by atoms with van der Waals surface area (Å²) in [7, 11) is 0. The van der Waals surface area contributed by atoms with Crippen molar-refractivity contribution in [3.63, 3.8) is 0 Å². The van der Waals surface area contributed by atoms with Crippen LogP contribution in [0.1, 0.15) is 6.42 Å². The van der Waals surface area contributed by atoms with Gasteiger partial charge in [0, 0.05) is 5.69 Å².